The maximum absolute atomic E-state index is 13.0. The van der Waals surface area contributed by atoms with Crippen molar-refractivity contribution in [3.05, 3.63) is 11.6 Å². The quantitative estimate of drug-likeness (QED) is 0.269. The number of fused-ring (bicyclic) bond motifs is 5. The molecule has 6 aliphatic rings. The number of rotatable bonds is 5. The Balaban J connectivity index is 1.21. The van der Waals surface area contributed by atoms with Crippen LogP contribution in [0.25, 0.3) is 0 Å². The Kier molecular flexibility index (Phi) is 6.84. The lowest BCUT2D eigenvalue weighted by atomic mass is 9.41. The summed E-state index contributed by atoms with van der Waals surface area (Å²) >= 11 is 0. The summed E-state index contributed by atoms with van der Waals surface area (Å²) in [7, 11) is 1.57. The average Bonchev–Trinajstić information content (AvgIpc) is 3.45. The van der Waals surface area contributed by atoms with Crippen molar-refractivity contribution < 1.29 is 43.9 Å². The highest BCUT2D eigenvalue weighted by molar-refractivity contribution is 5.85. The lowest BCUT2D eigenvalue weighted by molar-refractivity contribution is -0.287. The Morgan fingerprint density at radius 1 is 1.08 bits per heavy atom. The molecular formula is C30H44O9. The fourth-order valence-corrected chi connectivity index (χ4v) is 9.98. The summed E-state index contributed by atoms with van der Waals surface area (Å²) < 4.78 is 22.9. The van der Waals surface area contributed by atoms with Gasteiger partial charge in [0.1, 0.15) is 19.0 Å². The van der Waals surface area contributed by atoms with Gasteiger partial charge in [0.15, 0.2) is 6.29 Å². The van der Waals surface area contributed by atoms with E-state index in [-0.39, 0.29) is 35.9 Å². The monoisotopic (exact) mass is 548 g/mol. The van der Waals surface area contributed by atoms with Crippen LogP contribution in [0.2, 0.25) is 0 Å². The van der Waals surface area contributed by atoms with Crippen molar-refractivity contribution in [2.45, 2.75) is 120 Å². The Hall–Kier alpha value is -1.36. The first-order valence-electron chi connectivity index (χ1n) is 14.8. The molecule has 0 bridgehead atoms. The highest BCUT2D eigenvalue weighted by Crippen LogP contribution is 2.70. The summed E-state index contributed by atoms with van der Waals surface area (Å²) in [4.78, 5) is 24.8. The van der Waals surface area contributed by atoms with Crippen LogP contribution in [0.15, 0.2) is 11.6 Å². The molecule has 0 spiro atoms. The molecular weight excluding hydrogens is 504 g/mol. The number of aldehydes is 1. The normalized spacial score (nSPS) is 53.3. The van der Waals surface area contributed by atoms with E-state index in [0.29, 0.717) is 51.6 Å². The van der Waals surface area contributed by atoms with E-state index in [1.165, 1.54) is 0 Å². The molecule has 0 amide bonds. The zero-order chi connectivity index (χ0) is 27.8. The van der Waals surface area contributed by atoms with Crippen LogP contribution in [-0.2, 0) is 28.5 Å². The molecule has 6 rings (SSSR count). The first kappa shape index (κ1) is 27.8. The van der Waals surface area contributed by atoms with Gasteiger partial charge < -0.3 is 39.1 Å². The molecule has 2 aliphatic heterocycles. The number of aliphatic hydroxyl groups excluding tert-OH is 1. The molecule has 9 nitrogen and oxygen atoms in total. The number of aliphatic hydroxyl groups is 3. The number of hydrogen-bond donors (Lipinski definition) is 3. The zero-order valence-corrected chi connectivity index (χ0v) is 23.3. The summed E-state index contributed by atoms with van der Waals surface area (Å²) in [6.07, 6.45) is 6.10. The van der Waals surface area contributed by atoms with Crippen LogP contribution in [0.3, 0.4) is 0 Å². The molecule has 2 heterocycles. The number of esters is 1. The summed E-state index contributed by atoms with van der Waals surface area (Å²) in [5.41, 5.74) is -2.52. The van der Waals surface area contributed by atoms with Gasteiger partial charge in [-0.25, -0.2) is 4.79 Å². The van der Waals surface area contributed by atoms with Crippen molar-refractivity contribution in [1.82, 2.24) is 0 Å². The van der Waals surface area contributed by atoms with Gasteiger partial charge in [0.2, 0.25) is 0 Å². The molecule has 0 aromatic rings. The summed E-state index contributed by atoms with van der Waals surface area (Å²) in [5, 5.41) is 34.8. The molecule has 9 heteroatoms. The first-order chi connectivity index (χ1) is 18.5. The first-order valence-corrected chi connectivity index (χ1v) is 14.8. The van der Waals surface area contributed by atoms with E-state index in [1.54, 1.807) is 20.1 Å². The van der Waals surface area contributed by atoms with Gasteiger partial charge in [-0.3, -0.25) is 0 Å². The predicted molar refractivity (Wildman–Crippen MR) is 138 cm³/mol. The van der Waals surface area contributed by atoms with Crippen molar-refractivity contribution in [2.75, 3.05) is 13.7 Å². The van der Waals surface area contributed by atoms with Gasteiger partial charge in [0.25, 0.3) is 0 Å². The van der Waals surface area contributed by atoms with Crippen molar-refractivity contribution >= 4 is 12.3 Å². The Morgan fingerprint density at radius 3 is 2.54 bits per heavy atom. The van der Waals surface area contributed by atoms with Crippen molar-refractivity contribution in [3.8, 4) is 0 Å². The molecule has 0 aromatic heterocycles. The number of carbonyl (C=O) groups excluding carboxylic acids is 2. The van der Waals surface area contributed by atoms with Crippen LogP contribution < -0.4 is 0 Å². The molecule has 4 aliphatic carbocycles. The Bertz CT molecular complexity index is 1030. The van der Waals surface area contributed by atoms with Crippen LogP contribution in [0.4, 0.5) is 0 Å². The summed E-state index contributed by atoms with van der Waals surface area (Å²) in [6.45, 7) is 4.25. The molecule has 0 radical (unpaired) electrons. The number of methoxy groups -OCH3 is 1. The molecule has 0 aromatic carbocycles. The van der Waals surface area contributed by atoms with Gasteiger partial charge >= 0.3 is 5.97 Å². The van der Waals surface area contributed by atoms with Gasteiger partial charge in [0.05, 0.1) is 34.9 Å². The van der Waals surface area contributed by atoms with Crippen LogP contribution >= 0.6 is 0 Å². The third-order valence-corrected chi connectivity index (χ3v) is 12.1. The smallest absolute Gasteiger partial charge is 0.331 e. The third-order valence-electron chi connectivity index (χ3n) is 12.1. The van der Waals surface area contributed by atoms with E-state index in [4.69, 9.17) is 18.9 Å². The Morgan fingerprint density at radius 2 is 1.85 bits per heavy atom. The van der Waals surface area contributed by atoms with Crippen LogP contribution in [0, 0.1) is 28.6 Å². The van der Waals surface area contributed by atoms with E-state index in [0.717, 1.165) is 31.1 Å². The van der Waals surface area contributed by atoms with E-state index < -0.39 is 40.5 Å². The molecule has 4 saturated carbocycles. The molecule has 1 saturated heterocycles. The second-order valence-electron chi connectivity index (χ2n) is 13.5. The second kappa shape index (κ2) is 9.60. The maximum Gasteiger partial charge on any atom is 0.331 e. The van der Waals surface area contributed by atoms with Crippen molar-refractivity contribution in [3.63, 3.8) is 0 Å². The average molecular weight is 549 g/mol. The van der Waals surface area contributed by atoms with E-state index >= 15 is 0 Å². The van der Waals surface area contributed by atoms with Gasteiger partial charge in [-0.1, -0.05) is 6.92 Å². The van der Waals surface area contributed by atoms with Crippen molar-refractivity contribution in [1.29, 1.82) is 0 Å². The number of cyclic esters (lactones) is 1. The van der Waals surface area contributed by atoms with Crippen LogP contribution in [0.5, 0.6) is 0 Å². The molecule has 218 valence electrons. The number of hydrogen-bond acceptors (Lipinski definition) is 9. The highest BCUT2D eigenvalue weighted by Gasteiger charge is 2.71. The number of carbonyl (C=O) groups is 2. The molecule has 5 fully saturated rings. The maximum atomic E-state index is 13.0. The molecule has 4 unspecified atom stereocenters. The topological polar surface area (TPSA) is 132 Å². The van der Waals surface area contributed by atoms with Gasteiger partial charge in [-0.05, 0) is 81.6 Å². The van der Waals surface area contributed by atoms with Crippen LogP contribution in [-0.4, -0.2) is 83.2 Å². The van der Waals surface area contributed by atoms with E-state index in [2.05, 4.69) is 6.92 Å². The van der Waals surface area contributed by atoms with E-state index in [1.807, 2.05) is 0 Å². The summed E-state index contributed by atoms with van der Waals surface area (Å²) in [5.74, 6) is -0.420. The fraction of sp³-hybridized carbons (Fsp3) is 0.867. The summed E-state index contributed by atoms with van der Waals surface area (Å²) in [6, 6.07) is 0. The van der Waals surface area contributed by atoms with Crippen LogP contribution in [0.1, 0.15) is 78.1 Å². The minimum atomic E-state index is -1.21. The van der Waals surface area contributed by atoms with Gasteiger partial charge in [-0.15, -0.1) is 0 Å². The standard InChI is InChI=1S/C30H44O9/c1-17-26(33)23(36-3)13-25(38-17)39-19-4-9-28(16-31)21-5-8-27(2)20(18-12-24(32)37-15-18)7-11-30(27,35)22(21)6-10-29(28,34)14-19/h12,16-17,19-23,25-26,33-35H,4-11,13-15H2,1-3H3/t17?,19-,20+,21-,22+,23?,25?,26?,27+,28-,29-,30-/m0/s1. The highest BCUT2D eigenvalue weighted by atomic mass is 16.7. The fourth-order valence-electron chi connectivity index (χ4n) is 9.98. The minimum absolute atomic E-state index is 0.0827. The second-order valence-corrected chi connectivity index (χ2v) is 13.5. The molecule has 3 N–H and O–H groups in total. The minimum Gasteiger partial charge on any atom is -0.458 e. The predicted octanol–water partition coefficient (Wildman–Crippen LogP) is 2.43. The molecule has 39 heavy (non-hydrogen) atoms. The van der Waals surface area contributed by atoms with Gasteiger partial charge in [-0.2, -0.15) is 0 Å². The lowest BCUT2D eigenvalue weighted by Gasteiger charge is -2.65. The van der Waals surface area contributed by atoms with Gasteiger partial charge in [0, 0.05) is 31.4 Å². The third kappa shape index (κ3) is 3.94. The SMILES string of the molecule is COC1CC(O[C@H]2CC[C@]3(C=O)[C@H]4CC[C@]5(C)[C@@H](C6=CC(=O)OC6)CC[C@]5(O)[C@@H]4CC[C@]3(O)C2)OC(C)C1O. The Labute approximate surface area is 230 Å². The largest absolute Gasteiger partial charge is 0.458 e. The number of ether oxygens (including phenoxy) is 4. The zero-order valence-electron chi connectivity index (χ0n) is 23.3. The van der Waals surface area contributed by atoms with E-state index in [9.17, 15) is 24.9 Å². The lowest BCUT2D eigenvalue weighted by Crippen LogP contribution is -2.69. The molecule has 12 atom stereocenters. The van der Waals surface area contributed by atoms with Crippen molar-refractivity contribution in [2.24, 2.45) is 28.6 Å².